The predicted molar refractivity (Wildman–Crippen MR) is 88.9 cm³/mol. The molecule has 5 heteroatoms. The van der Waals surface area contributed by atoms with Crippen LogP contribution >= 0.6 is 0 Å². The quantitative estimate of drug-likeness (QED) is 0.806. The first kappa shape index (κ1) is 17.5. The molecule has 23 heavy (non-hydrogen) atoms. The Morgan fingerprint density at radius 2 is 2.04 bits per heavy atom. The molecule has 1 aliphatic rings. The van der Waals surface area contributed by atoms with Crippen LogP contribution in [0.15, 0.2) is 30.3 Å². The van der Waals surface area contributed by atoms with E-state index in [0.717, 1.165) is 12.0 Å². The summed E-state index contributed by atoms with van der Waals surface area (Å²) in [5.41, 5.74) is 6.46. The Bertz CT molecular complexity index is 561. The van der Waals surface area contributed by atoms with Crippen molar-refractivity contribution >= 4 is 11.9 Å². The molecule has 1 aromatic carbocycles. The summed E-state index contributed by atoms with van der Waals surface area (Å²) in [6.45, 7) is 4.38. The number of hydrogen-bond donors (Lipinski definition) is 2. The maximum Gasteiger partial charge on any atom is 0.326 e. The number of nitrogens with zero attached hydrogens (tertiary/aromatic N) is 1. The Morgan fingerprint density at radius 1 is 1.39 bits per heavy atom. The minimum Gasteiger partial charge on any atom is -0.480 e. The number of nitrogens with two attached hydrogens (primary N) is 1. The van der Waals surface area contributed by atoms with E-state index in [4.69, 9.17) is 5.73 Å². The summed E-state index contributed by atoms with van der Waals surface area (Å²) in [6, 6.07) is 8.92. The lowest BCUT2D eigenvalue weighted by Crippen LogP contribution is -2.55. The van der Waals surface area contributed by atoms with E-state index >= 15 is 0 Å². The van der Waals surface area contributed by atoms with Crippen LogP contribution in [0.1, 0.15) is 38.7 Å². The minimum absolute atomic E-state index is 0.0450. The lowest BCUT2D eigenvalue weighted by molar-refractivity contribution is -0.150. The van der Waals surface area contributed by atoms with Gasteiger partial charge in [-0.2, -0.15) is 0 Å². The number of carbonyl (C=O) groups is 2. The standard InChI is InChI=1S/C18H26N2O3/c1-3-13(2)18(19)11-12-20(17(18)23)15(16(21)22)10-9-14-7-5-4-6-8-14/h4-8,13,15H,3,9-12,19H2,1-2H3,(H,21,22)/t13-,15?,18+/m1/s1. The number of amides is 1. The Morgan fingerprint density at radius 3 is 2.61 bits per heavy atom. The van der Waals surface area contributed by atoms with Crippen LogP contribution in [0.4, 0.5) is 0 Å². The van der Waals surface area contributed by atoms with Crippen LogP contribution in [0, 0.1) is 5.92 Å². The molecule has 3 N–H and O–H groups in total. The fourth-order valence-corrected chi connectivity index (χ4v) is 3.26. The average Bonchev–Trinajstić information content (AvgIpc) is 2.85. The highest BCUT2D eigenvalue weighted by molar-refractivity contribution is 5.92. The van der Waals surface area contributed by atoms with Gasteiger partial charge in [-0.25, -0.2) is 4.79 Å². The second-order valence-corrected chi connectivity index (χ2v) is 6.48. The van der Waals surface area contributed by atoms with Crippen molar-refractivity contribution in [2.75, 3.05) is 6.54 Å². The molecule has 3 atom stereocenters. The van der Waals surface area contributed by atoms with Gasteiger partial charge in [0.05, 0.1) is 5.54 Å². The first-order chi connectivity index (χ1) is 10.9. The molecule has 1 fully saturated rings. The number of rotatable bonds is 7. The highest BCUT2D eigenvalue weighted by atomic mass is 16.4. The van der Waals surface area contributed by atoms with Crippen molar-refractivity contribution in [3.8, 4) is 0 Å². The molecule has 0 saturated carbocycles. The molecule has 1 aromatic rings. The second-order valence-electron chi connectivity index (χ2n) is 6.48. The van der Waals surface area contributed by atoms with Gasteiger partial charge in [-0.15, -0.1) is 0 Å². The zero-order valence-corrected chi connectivity index (χ0v) is 13.9. The van der Waals surface area contributed by atoms with Gasteiger partial charge >= 0.3 is 5.97 Å². The maximum atomic E-state index is 12.7. The fraction of sp³-hybridized carbons (Fsp3) is 0.556. The van der Waals surface area contributed by atoms with Gasteiger partial charge < -0.3 is 15.7 Å². The van der Waals surface area contributed by atoms with E-state index in [0.29, 0.717) is 25.8 Å². The first-order valence-corrected chi connectivity index (χ1v) is 8.26. The lowest BCUT2D eigenvalue weighted by atomic mass is 9.83. The van der Waals surface area contributed by atoms with E-state index in [1.807, 2.05) is 44.2 Å². The zero-order valence-electron chi connectivity index (χ0n) is 13.9. The van der Waals surface area contributed by atoms with Crippen LogP contribution in [0.2, 0.25) is 0 Å². The van der Waals surface area contributed by atoms with Crippen LogP contribution in [0.5, 0.6) is 0 Å². The van der Waals surface area contributed by atoms with Crippen LogP contribution in [-0.4, -0.2) is 40.0 Å². The molecule has 1 aliphatic heterocycles. The molecule has 1 amide bonds. The molecule has 2 rings (SSSR count). The molecule has 1 unspecified atom stereocenters. The smallest absolute Gasteiger partial charge is 0.326 e. The highest BCUT2D eigenvalue weighted by Crippen LogP contribution is 2.32. The summed E-state index contributed by atoms with van der Waals surface area (Å²) in [5.74, 6) is -1.13. The number of carboxylic acids is 1. The van der Waals surface area contributed by atoms with Crippen molar-refractivity contribution in [2.24, 2.45) is 11.7 Å². The topological polar surface area (TPSA) is 83.6 Å². The molecular formula is C18H26N2O3. The Kier molecular flexibility index (Phi) is 5.42. The highest BCUT2D eigenvalue weighted by Gasteiger charge is 2.49. The molecule has 0 bridgehead atoms. The minimum atomic E-state index is -0.956. The van der Waals surface area contributed by atoms with E-state index in [1.54, 1.807) is 0 Å². The third kappa shape index (κ3) is 3.55. The molecular weight excluding hydrogens is 292 g/mol. The van der Waals surface area contributed by atoms with Gasteiger partial charge in [-0.05, 0) is 30.7 Å². The van der Waals surface area contributed by atoms with Gasteiger partial charge in [0, 0.05) is 6.54 Å². The van der Waals surface area contributed by atoms with Gasteiger partial charge in [0.25, 0.3) is 0 Å². The van der Waals surface area contributed by atoms with Gasteiger partial charge in [0.2, 0.25) is 5.91 Å². The third-order valence-corrected chi connectivity index (χ3v) is 5.13. The number of hydrogen-bond acceptors (Lipinski definition) is 3. The van der Waals surface area contributed by atoms with Crippen molar-refractivity contribution < 1.29 is 14.7 Å². The van der Waals surface area contributed by atoms with Crippen molar-refractivity contribution in [2.45, 2.75) is 51.1 Å². The average molecular weight is 318 g/mol. The number of aliphatic carboxylic acids is 1. The zero-order chi connectivity index (χ0) is 17.0. The number of likely N-dealkylation sites (tertiary alicyclic amines) is 1. The second kappa shape index (κ2) is 7.13. The van der Waals surface area contributed by atoms with Crippen LogP contribution in [0.3, 0.4) is 0 Å². The van der Waals surface area contributed by atoms with E-state index in [2.05, 4.69) is 0 Å². The Balaban J connectivity index is 2.10. The van der Waals surface area contributed by atoms with E-state index in [-0.39, 0.29) is 11.8 Å². The number of carboxylic acid groups (broad SMARTS) is 1. The monoisotopic (exact) mass is 318 g/mol. The van der Waals surface area contributed by atoms with Crippen LogP contribution < -0.4 is 5.73 Å². The van der Waals surface area contributed by atoms with Crippen molar-refractivity contribution in [3.05, 3.63) is 35.9 Å². The predicted octanol–water partition coefficient (Wildman–Crippen LogP) is 2.05. The fourth-order valence-electron chi connectivity index (χ4n) is 3.26. The van der Waals surface area contributed by atoms with E-state index in [1.165, 1.54) is 4.90 Å². The molecule has 0 spiro atoms. The molecule has 1 heterocycles. The van der Waals surface area contributed by atoms with Gasteiger partial charge in [0.1, 0.15) is 6.04 Å². The summed E-state index contributed by atoms with van der Waals surface area (Å²) in [7, 11) is 0. The Labute approximate surface area is 137 Å². The van der Waals surface area contributed by atoms with Crippen LogP contribution in [-0.2, 0) is 16.0 Å². The summed E-state index contributed by atoms with van der Waals surface area (Å²) in [6.07, 6.45) is 2.36. The van der Waals surface area contributed by atoms with E-state index in [9.17, 15) is 14.7 Å². The number of benzene rings is 1. The van der Waals surface area contributed by atoms with Gasteiger partial charge in [-0.1, -0.05) is 50.6 Å². The molecule has 1 saturated heterocycles. The Hall–Kier alpha value is -1.88. The summed E-state index contributed by atoms with van der Waals surface area (Å²) >= 11 is 0. The lowest BCUT2D eigenvalue weighted by Gasteiger charge is -2.31. The molecule has 0 aliphatic carbocycles. The maximum absolute atomic E-state index is 12.7. The van der Waals surface area contributed by atoms with Crippen molar-refractivity contribution in [3.63, 3.8) is 0 Å². The SMILES string of the molecule is CC[C@@H](C)[C@@]1(N)CCN(C(CCc2ccccc2)C(=O)O)C1=O. The first-order valence-electron chi connectivity index (χ1n) is 8.26. The number of aryl methyl sites for hydroxylation is 1. The molecule has 126 valence electrons. The summed E-state index contributed by atoms with van der Waals surface area (Å²) < 4.78 is 0. The van der Waals surface area contributed by atoms with Crippen molar-refractivity contribution in [1.29, 1.82) is 0 Å². The summed E-state index contributed by atoms with van der Waals surface area (Å²) in [5, 5.41) is 9.56. The van der Waals surface area contributed by atoms with Crippen LogP contribution in [0.25, 0.3) is 0 Å². The molecule has 5 nitrogen and oxygen atoms in total. The van der Waals surface area contributed by atoms with Gasteiger partial charge in [0.15, 0.2) is 0 Å². The van der Waals surface area contributed by atoms with E-state index < -0.39 is 17.6 Å². The number of carbonyl (C=O) groups excluding carboxylic acids is 1. The summed E-state index contributed by atoms with van der Waals surface area (Å²) in [4.78, 5) is 25.9. The largest absolute Gasteiger partial charge is 0.480 e. The van der Waals surface area contributed by atoms with Gasteiger partial charge in [-0.3, -0.25) is 4.79 Å². The normalized spacial score (nSPS) is 23.8. The van der Waals surface area contributed by atoms with Crippen molar-refractivity contribution in [1.82, 2.24) is 4.90 Å². The molecule has 0 aromatic heterocycles. The molecule has 0 radical (unpaired) electrons. The third-order valence-electron chi connectivity index (χ3n) is 5.13.